The van der Waals surface area contributed by atoms with Crippen molar-refractivity contribution in [3.8, 4) is 6.07 Å². The zero-order chi connectivity index (χ0) is 15.2. The molecule has 0 saturated carbocycles. The molecule has 0 atom stereocenters. The maximum Gasteiger partial charge on any atom is 0.0683 e. The second-order valence-corrected chi connectivity index (χ2v) is 6.28. The minimum absolute atomic E-state index is 0.193. The normalized spacial score (nSPS) is 11.0. The van der Waals surface area contributed by atoms with Crippen LogP contribution in [-0.4, -0.2) is 20.6 Å². The van der Waals surface area contributed by atoms with Gasteiger partial charge in [-0.2, -0.15) is 5.26 Å². The van der Waals surface area contributed by atoms with E-state index in [0.29, 0.717) is 0 Å². The number of hydrogen-bond donors (Lipinski definition) is 1. The molecule has 0 aliphatic carbocycles. The Bertz CT molecular complexity index is 470. The van der Waals surface area contributed by atoms with Crippen molar-refractivity contribution in [3.05, 3.63) is 23.8 Å². The van der Waals surface area contributed by atoms with E-state index in [1.807, 2.05) is 13.8 Å². The van der Waals surface area contributed by atoms with Gasteiger partial charge >= 0.3 is 0 Å². The molecule has 0 fully saturated rings. The van der Waals surface area contributed by atoms with Crippen LogP contribution in [0.5, 0.6) is 0 Å². The van der Waals surface area contributed by atoms with Crippen LogP contribution in [-0.2, 0) is 0 Å². The molecule has 20 heavy (non-hydrogen) atoms. The molecule has 0 aliphatic rings. The van der Waals surface area contributed by atoms with Gasteiger partial charge in [0.05, 0.1) is 11.5 Å². The average Bonchev–Trinajstić information content (AvgIpc) is 2.39. The van der Waals surface area contributed by atoms with Crippen molar-refractivity contribution in [2.45, 2.75) is 40.0 Å². The molecule has 0 bridgehead atoms. The van der Waals surface area contributed by atoms with Gasteiger partial charge in [0, 0.05) is 32.0 Å². The molecule has 0 radical (unpaired) electrons. The fourth-order valence-electron chi connectivity index (χ4n) is 2.18. The molecule has 1 rings (SSSR count). The lowest BCUT2D eigenvalue weighted by molar-refractivity contribution is 0.430. The molecule has 0 saturated heterocycles. The van der Waals surface area contributed by atoms with E-state index in [-0.39, 0.29) is 5.41 Å². The Morgan fingerprint density at radius 1 is 1.25 bits per heavy atom. The Labute approximate surface area is 123 Å². The predicted molar refractivity (Wildman–Crippen MR) is 87.2 cm³/mol. The van der Waals surface area contributed by atoms with Crippen LogP contribution in [0, 0.1) is 23.7 Å². The summed E-state index contributed by atoms with van der Waals surface area (Å²) in [5, 5.41) is 12.4. The summed E-state index contributed by atoms with van der Waals surface area (Å²) in [6, 6.07) is 8.81. The highest BCUT2D eigenvalue weighted by Crippen LogP contribution is 2.23. The number of unbranched alkanes of at least 4 members (excludes halogenated alkanes) is 1. The summed E-state index contributed by atoms with van der Waals surface area (Å²) in [5.41, 5.74) is 3.51. The highest BCUT2D eigenvalue weighted by molar-refractivity contribution is 5.61. The molecule has 110 valence electrons. The van der Waals surface area contributed by atoms with E-state index in [4.69, 9.17) is 5.26 Å². The van der Waals surface area contributed by atoms with Crippen LogP contribution in [0.3, 0.4) is 0 Å². The topological polar surface area (TPSA) is 39.1 Å². The number of nitriles is 1. The smallest absolute Gasteiger partial charge is 0.0683 e. The van der Waals surface area contributed by atoms with Crippen molar-refractivity contribution in [2.75, 3.05) is 30.9 Å². The summed E-state index contributed by atoms with van der Waals surface area (Å²) in [4.78, 5) is 2.13. The van der Waals surface area contributed by atoms with Crippen LogP contribution in [0.25, 0.3) is 0 Å². The molecule has 1 aromatic rings. The minimum atomic E-state index is -0.193. The molecule has 0 amide bonds. The Kier molecular flexibility index (Phi) is 5.88. The molecule has 3 heteroatoms. The van der Waals surface area contributed by atoms with E-state index in [1.165, 1.54) is 16.9 Å². The third-order valence-corrected chi connectivity index (χ3v) is 3.55. The van der Waals surface area contributed by atoms with Gasteiger partial charge in [-0.15, -0.1) is 0 Å². The average molecular weight is 273 g/mol. The Morgan fingerprint density at radius 3 is 2.55 bits per heavy atom. The van der Waals surface area contributed by atoms with E-state index >= 15 is 0 Å². The third kappa shape index (κ3) is 5.13. The van der Waals surface area contributed by atoms with Crippen LogP contribution in [0.15, 0.2) is 18.2 Å². The van der Waals surface area contributed by atoms with Gasteiger partial charge in [-0.1, -0.05) is 12.5 Å². The van der Waals surface area contributed by atoms with Gasteiger partial charge in [0.25, 0.3) is 0 Å². The molecule has 1 N–H and O–H groups in total. The van der Waals surface area contributed by atoms with Gasteiger partial charge in [-0.3, -0.25) is 0 Å². The van der Waals surface area contributed by atoms with Gasteiger partial charge in [0.15, 0.2) is 0 Å². The van der Waals surface area contributed by atoms with E-state index in [0.717, 1.165) is 25.8 Å². The molecule has 0 heterocycles. The molecule has 0 aliphatic heterocycles. The fraction of sp³-hybridized carbons (Fsp3) is 0.588. The van der Waals surface area contributed by atoms with Crippen molar-refractivity contribution < 1.29 is 0 Å². The van der Waals surface area contributed by atoms with E-state index in [9.17, 15) is 0 Å². The highest BCUT2D eigenvalue weighted by atomic mass is 15.1. The summed E-state index contributed by atoms with van der Waals surface area (Å²) >= 11 is 0. The van der Waals surface area contributed by atoms with Crippen molar-refractivity contribution in [1.82, 2.24) is 0 Å². The number of benzene rings is 1. The molecule has 1 aromatic carbocycles. The van der Waals surface area contributed by atoms with Crippen molar-refractivity contribution >= 4 is 11.4 Å². The van der Waals surface area contributed by atoms with Gasteiger partial charge in [0.2, 0.25) is 0 Å². The zero-order valence-electron chi connectivity index (χ0n) is 13.5. The summed E-state index contributed by atoms with van der Waals surface area (Å²) in [6.45, 7) is 7.09. The van der Waals surface area contributed by atoms with Crippen molar-refractivity contribution in [2.24, 2.45) is 5.41 Å². The number of nitrogens with zero attached hydrogens (tertiary/aromatic N) is 2. The standard InChI is InChI=1S/C17H27N3/c1-14-8-9-15(12-16(14)20(4)5)19-11-7-6-10-17(2,3)13-18/h8-9,12,19H,6-7,10-11H2,1-5H3. The number of nitrogens with one attached hydrogen (secondary N) is 1. The largest absolute Gasteiger partial charge is 0.385 e. The van der Waals surface area contributed by atoms with Gasteiger partial charge in [-0.25, -0.2) is 0 Å². The highest BCUT2D eigenvalue weighted by Gasteiger charge is 2.15. The predicted octanol–water partition coefficient (Wildman–Crippen LogP) is 4.19. The lowest BCUT2D eigenvalue weighted by atomic mass is 9.89. The van der Waals surface area contributed by atoms with Gasteiger partial charge in [0.1, 0.15) is 0 Å². The van der Waals surface area contributed by atoms with E-state index in [2.05, 4.69) is 55.5 Å². The number of aryl methyl sites for hydroxylation is 1. The maximum atomic E-state index is 8.97. The number of anilines is 2. The maximum absolute atomic E-state index is 8.97. The first-order valence-corrected chi connectivity index (χ1v) is 7.29. The Balaban J connectivity index is 2.40. The molecule has 0 unspecified atom stereocenters. The summed E-state index contributed by atoms with van der Waals surface area (Å²) in [6.07, 6.45) is 3.14. The monoisotopic (exact) mass is 273 g/mol. The van der Waals surface area contributed by atoms with Crippen molar-refractivity contribution in [3.63, 3.8) is 0 Å². The van der Waals surface area contributed by atoms with Crippen molar-refractivity contribution in [1.29, 1.82) is 5.26 Å². The van der Waals surface area contributed by atoms with Crippen LogP contribution in [0.4, 0.5) is 11.4 Å². The summed E-state index contributed by atoms with van der Waals surface area (Å²) in [7, 11) is 4.13. The Morgan fingerprint density at radius 2 is 1.95 bits per heavy atom. The zero-order valence-corrected chi connectivity index (χ0v) is 13.5. The SMILES string of the molecule is Cc1ccc(NCCCCC(C)(C)C#N)cc1N(C)C. The molecule has 3 nitrogen and oxygen atoms in total. The van der Waals surface area contributed by atoms with Gasteiger partial charge in [-0.05, 0) is 51.3 Å². The first-order chi connectivity index (χ1) is 9.35. The van der Waals surface area contributed by atoms with Gasteiger partial charge < -0.3 is 10.2 Å². The second-order valence-electron chi connectivity index (χ2n) is 6.28. The van der Waals surface area contributed by atoms with Crippen LogP contribution >= 0.6 is 0 Å². The molecule has 0 aromatic heterocycles. The number of hydrogen-bond acceptors (Lipinski definition) is 3. The summed E-state index contributed by atoms with van der Waals surface area (Å²) in [5.74, 6) is 0. The Hall–Kier alpha value is -1.69. The minimum Gasteiger partial charge on any atom is -0.385 e. The quantitative estimate of drug-likeness (QED) is 0.757. The first kappa shape index (κ1) is 16.4. The van der Waals surface area contributed by atoms with E-state index < -0.39 is 0 Å². The number of rotatable bonds is 7. The van der Waals surface area contributed by atoms with Crippen LogP contribution in [0.2, 0.25) is 0 Å². The fourth-order valence-corrected chi connectivity index (χ4v) is 2.18. The lowest BCUT2D eigenvalue weighted by Gasteiger charge is -2.18. The second kappa shape index (κ2) is 7.19. The molecular weight excluding hydrogens is 246 g/mol. The van der Waals surface area contributed by atoms with Crippen LogP contribution in [0.1, 0.15) is 38.7 Å². The third-order valence-electron chi connectivity index (χ3n) is 3.55. The lowest BCUT2D eigenvalue weighted by Crippen LogP contribution is -2.11. The molecular formula is C17H27N3. The molecule has 0 spiro atoms. The first-order valence-electron chi connectivity index (χ1n) is 7.29. The summed E-state index contributed by atoms with van der Waals surface area (Å²) < 4.78 is 0. The van der Waals surface area contributed by atoms with Crippen LogP contribution < -0.4 is 10.2 Å². The van der Waals surface area contributed by atoms with E-state index in [1.54, 1.807) is 0 Å².